The van der Waals surface area contributed by atoms with E-state index in [1.165, 1.54) is 18.0 Å². The fourth-order valence-corrected chi connectivity index (χ4v) is 4.36. The van der Waals surface area contributed by atoms with Crippen LogP contribution in [0.15, 0.2) is 72.9 Å². The van der Waals surface area contributed by atoms with E-state index >= 15 is 0 Å². The highest BCUT2D eigenvalue weighted by Gasteiger charge is 2.16. The van der Waals surface area contributed by atoms with Gasteiger partial charge in [0.25, 0.3) is 5.69 Å². The molecular weight excluding hydrogens is 517 g/mol. The summed E-state index contributed by atoms with van der Waals surface area (Å²) in [6.45, 7) is 11.8. The average molecular weight is 544 g/mol. The first-order valence-electron chi connectivity index (χ1n) is 12.5. The van der Waals surface area contributed by atoms with Crippen LogP contribution in [0, 0.1) is 12.4 Å². The maximum atomic E-state index is 14.0. The summed E-state index contributed by atoms with van der Waals surface area (Å²) in [7, 11) is 2.14. The quantitative estimate of drug-likeness (QED) is 0.241. The minimum atomic E-state index is -0.363. The number of nitrogens with one attached hydrogen (secondary N) is 2. The number of rotatable bonds is 8. The molecule has 0 spiro atoms. The highest BCUT2D eigenvalue weighted by atomic mass is 35.5. The summed E-state index contributed by atoms with van der Waals surface area (Å²) in [4.78, 5) is 17.1. The molecule has 2 N–H and O–H groups in total. The van der Waals surface area contributed by atoms with Gasteiger partial charge in [-0.25, -0.2) is 14.2 Å². The molecule has 0 saturated carbocycles. The molecule has 3 aromatic carbocycles. The fourth-order valence-electron chi connectivity index (χ4n) is 4.22. The smallest absolute Gasteiger partial charge is 0.250 e. The maximum Gasteiger partial charge on any atom is 0.250 e. The van der Waals surface area contributed by atoms with Crippen LogP contribution in [0.1, 0.15) is 5.56 Å². The molecule has 0 amide bonds. The van der Waals surface area contributed by atoms with Crippen LogP contribution < -0.4 is 20.3 Å². The van der Waals surface area contributed by atoms with Gasteiger partial charge in [-0.2, -0.15) is 4.98 Å². The average Bonchev–Trinajstić information content (AvgIpc) is 2.95. The number of ether oxygens (including phenoxy) is 1. The van der Waals surface area contributed by atoms with E-state index in [1.807, 2.05) is 12.1 Å². The lowest BCUT2D eigenvalue weighted by atomic mass is 10.2. The first-order chi connectivity index (χ1) is 19.0. The van der Waals surface area contributed by atoms with Gasteiger partial charge >= 0.3 is 0 Å². The molecule has 4 aromatic rings. The second-order valence-electron chi connectivity index (χ2n) is 9.12. The molecule has 1 aliphatic heterocycles. The molecule has 1 aliphatic rings. The Morgan fingerprint density at radius 2 is 1.77 bits per heavy atom. The number of hydrogen-bond donors (Lipinski definition) is 2. The molecule has 39 heavy (non-hydrogen) atoms. The zero-order chi connectivity index (χ0) is 27.2. The molecule has 2 heterocycles. The lowest BCUT2D eigenvalue weighted by Gasteiger charge is -2.34. The Morgan fingerprint density at radius 1 is 1.00 bits per heavy atom. The van der Waals surface area contributed by atoms with Gasteiger partial charge in [0.1, 0.15) is 23.2 Å². The van der Waals surface area contributed by atoms with Crippen molar-refractivity contribution in [3.63, 3.8) is 0 Å². The van der Waals surface area contributed by atoms with Crippen molar-refractivity contribution in [2.75, 3.05) is 48.8 Å². The van der Waals surface area contributed by atoms with Crippen LogP contribution in [0.4, 0.5) is 38.9 Å². The number of likely N-dealkylation sites (N-methyl/N-ethyl adjacent to an activating group) is 1. The third-order valence-corrected chi connectivity index (χ3v) is 6.72. The molecule has 8 nitrogen and oxygen atoms in total. The highest BCUT2D eigenvalue weighted by molar-refractivity contribution is 6.33. The van der Waals surface area contributed by atoms with Crippen molar-refractivity contribution in [3.05, 3.63) is 101 Å². The third kappa shape index (κ3) is 6.37. The highest BCUT2D eigenvalue weighted by Crippen LogP contribution is 2.38. The Labute approximate surface area is 231 Å². The van der Waals surface area contributed by atoms with Crippen molar-refractivity contribution >= 4 is 46.1 Å². The third-order valence-electron chi connectivity index (χ3n) is 6.44. The molecule has 1 fully saturated rings. The SMILES string of the molecule is [C-]#[N+]c1c(Nc2nc(Nc3ccc(N4CCN(C)CC4)cc3)ncc2Cl)cccc1OCc1ccccc1F. The van der Waals surface area contributed by atoms with E-state index in [4.69, 9.17) is 22.9 Å². The van der Waals surface area contributed by atoms with Crippen molar-refractivity contribution in [1.82, 2.24) is 14.9 Å². The molecule has 0 radical (unpaired) electrons. The van der Waals surface area contributed by atoms with E-state index in [9.17, 15) is 4.39 Å². The van der Waals surface area contributed by atoms with E-state index in [2.05, 4.69) is 54.4 Å². The number of piperazine rings is 1. The molecule has 5 rings (SSSR count). The van der Waals surface area contributed by atoms with E-state index < -0.39 is 0 Å². The van der Waals surface area contributed by atoms with Gasteiger partial charge in [0.15, 0.2) is 5.82 Å². The number of benzene rings is 3. The van der Waals surface area contributed by atoms with E-state index in [0.29, 0.717) is 33.8 Å². The van der Waals surface area contributed by atoms with Crippen LogP contribution in [0.3, 0.4) is 0 Å². The minimum Gasteiger partial charge on any atom is -0.500 e. The largest absolute Gasteiger partial charge is 0.500 e. The first-order valence-corrected chi connectivity index (χ1v) is 12.8. The van der Waals surface area contributed by atoms with E-state index in [-0.39, 0.29) is 18.1 Å². The van der Waals surface area contributed by atoms with Crippen LogP contribution in [-0.2, 0) is 6.61 Å². The van der Waals surface area contributed by atoms with E-state index in [0.717, 1.165) is 31.9 Å². The van der Waals surface area contributed by atoms with Gasteiger partial charge in [0, 0.05) is 48.8 Å². The number of anilines is 5. The second-order valence-corrected chi connectivity index (χ2v) is 9.53. The number of aromatic nitrogens is 2. The molecule has 0 atom stereocenters. The predicted molar refractivity (Wildman–Crippen MR) is 153 cm³/mol. The van der Waals surface area contributed by atoms with Crippen molar-refractivity contribution in [2.45, 2.75) is 6.61 Å². The number of halogens is 2. The molecule has 1 saturated heterocycles. The Bertz CT molecular complexity index is 1480. The molecule has 0 aliphatic carbocycles. The Balaban J connectivity index is 1.29. The van der Waals surface area contributed by atoms with Crippen molar-refractivity contribution < 1.29 is 9.13 Å². The summed E-state index contributed by atoms with van der Waals surface area (Å²) >= 11 is 6.39. The monoisotopic (exact) mass is 543 g/mol. The molecule has 198 valence electrons. The number of hydrogen-bond acceptors (Lipinski definition) is 7. The van der Waals surface area contributed by atoms with Crippen LogP contribution >= 0.6 is 11.6 Å². The summed E-state index contributed by atoms with van der Waals surface area (Å²) in [5.74, 6) is 0.644. The Morgan fingerprint density at radius 3 is 2.51 bits per heavy atom. The van der Waals surface area contributed by atoms with Crippen LogP contribution in [0.25, 0.3) is 4.85 Å². The van der Waals surface area contributed by atoms with Gasteiger partial charge in [0.05, 0.1) is 12.8 Å². The molecule has 0 bridgehead atoms. The molecule has 10 heteroatoms. The first kappa shape index (κ1) is 26.2. The van der Waals surface area contributed by atoms with E-state index in [1.54, 1.807) is 36.4 Å². The topological polar surface area (TPSA) is 69.9 Å². The van der Waals surface area contributed by atoms with Crippen LogP contribution in [0.2, 0.25) is 5.02 Å². The van der Waals surface area contributed by atoms with Crippen molar-refractivity contribution in [3.8, 4) is 5.75 Å². The molecule has 0 unspecified atom stereocenters. The zero-order valence-electron chi connectivity index (χ0n) is 21.4. The zero-order valence-corrected chi connectivity index (χ0v) is 22.1. The minimum absolute atomic E-state index is 0.00538. The lowest BCUT2D eigenvalue weighted by molar-refractivity contribution is 0.302. The summed E-state index contributed by atoms with van der Waals surface area (Å²) in [5.41, 5.74) is 3.11. The van der Waals surface area contributed by atoms with Gasteiger partial charge in [-0.3, -0.25) is 0 Å². The van der Waals surface area contributed by atoms with Crippen molar-refractivity contribution in [2.24, 2.45) is 0 Å². The number of nitrogens with zero attached hydrogens (tertiary/aromatic N) is 5. The molecule has 1 aromatic heterocycles. The summed E-state index contributed by atoms with van der Waals surface area (Å²) in [6.07, 6.45) is 1.49. The van der Waals surface area contributed by atoms with Gasteiger partial charge in [-0.15, -0.1) is 0 Å². The standard InChI is InChI=1S/C29H27ClFN7O/c1-32-27-25(8-5-9-26(27)39-19-20-6-3-4-7-24(20)31)35-28-23(30)18-33-29(36-28)34-21-10-12-22(13-11-21)38-16-14-37(2)15-17-38/h3-13,18H,14-17,19H2,2H3,(H2,33,34,35,36). The Kier molecular flexibility index (Phi) is 8.06. The van der Waals surface area contributed by atoms with Crippen LogP contribution in [0.5, 0.6) is 5.75 Å². The molecular formula is C29H27ClFN7O. The van der Waals surface area contributed by atoms with Gasteiger partial charge in [-0.05, 0) is 49.5 Å². The normalized spacial score (nSPS) is 13.5. The Hall–Kier alpha value is -4.39. The van der Waals surface area contributed by atoms with Crippen LogP contribution in [-0.4, -0.2) is 48.1 Å². The summed E-state index contributed by atoms with van der Waals surface area (Å²) in [6, 6.07) is 19.6. The fraction of sp³-hybridized carbons (Fsp3) is 0.207. The van der Waals surface area contributed by atoms with Crippen molar-refractivity contribution in [1.29, 1.82) is 0 Å². The lowest BCUT2D eigenvalue weighted by Crippen LogP contribution is -2.44. The summed E-state index contributed by atoms with van der Waals surface area (Å²) in [5, 5.41) is 6.62. The second kappa shape index (κ2) is 12.0. The predicted octanol–water partition coefficient (Wildman–Crippen LogP) is 6.64. The van der Waals surface area contributed by atoms with Gasteiger partial charge < -0.3 is 25.2 Å². The number of para-hydroxylation sites is 1. The maximum absolute atomic E-state index is 14.0. The summed E-state index contributed by atoms with van der Waals surface area (Å²) < 4.78 is 19.8. The van der Waals surface area contributed by atoms with Gasteiger partial charge in [-0.1, -0.05) is 35.9 Å². The van der Waals surface area contributed by atoms with Gasteiger partial charge in [0.2, 0.25) is 5.95 Å².